The molecule has 0 saturated carbocycles. The number of sulfone groups is 1. The lowest BCUT2D eigenvalue weighted by atomic mass is 10.1. The Balaban J connectivity index is 0.00000480. The average Bonchev–Trinajstić information content (AvgIpc) is 2.69. The van der Waals surface area contributed by atoms with Crippen LogP contribution in [-0.4, -0.2) is 40.3 Å². The number of nitrogens with zero attached hydrogens (tertiary/aromatic N) is 1. The minimum atomic E-state index is -3.20. The number of hydrogen-bond donors (Lipinski definition) is 2. The molecule has 0 saturated heterocycles. The van der Waals surface area contributed by atoms with E-state index < -0.39 is 9.84 Å². The van der Waals surface area contributed by atoms with Crippen LogP contribution >= 0.6 is 24.0 Å². The van der Waals surface area contributed by atoms with Gasteiger partial charge in [0.05, 0.1) is 18.0 Å². The summed E-state index contributed by atoms with van der Waals surface area (Å²) in [5.41, 5.74) is 2.95. The maximum absolute atomic E-state index is 11.7. The molecule has 0 aliphatic carbocycles. The van der Waals surface area contributed by atoms with Gasteiger partial charge in [0.1, 0.15) is 5.75 Å². The Labute approximate surface area is 203 Å². The van der Waals surface area contributed by atoms with E-state index in [9.17, 15) is 8.42 Å². The summed E-state index contributed by atoms with van der Waals surface area (Å²) in [6, 6.07) is 13.4. The van der Waals surface area contributed by atoms with Gasteiger partial charge in [0, 0.05) is 19.3 Å². The van der Waals surface area contributed by atoms with Crippen LogP contribution in [-0.2, 0) is 16.4 Å². The molecule has 0 atom stereocenters. The van der Waals surface area contributed by atoms with Crippen LogP contribution in [0.1, 0.15) is 36.5 Å². The van der Waals surface area contributed by atoms with Crippen LogP contribution in [0.2, 0.25) is 0 Å². The Kier molecular flexibility index (Phi) is 11.9. The highest BCUT2D eigenvalue weighted by atomic mass is 127. The topological polar surface area (TPSA) is 79.8 Å². The van der Waals surface area contributed by atoms with Gasteiger partial charge in [-0.1, -0.05) is 29.8 Å². The van der Waals surface area contributed by atoms with Gasteiger partial charge in [0.2, 0.25) is 0 Å². The molecule has 2 N–H and O–H groups in total. The van der Waals surface area contributed by atoms with Gasteiger partial charge in [-0.25, -0.2) is 13.4 Å². The van der Waals surface area contributed by atoms with E-state index in [0.29, 0.717) is 18.0 Å². The maximum atomic E-state index is 11.7. The summed E-state index contributed by atoms with van der Waals surface area (Å²) in [4.78, 5) is 4.97. The molecule has 0 heterocycles. The molecule has 0 aliphatic heterocycles. The highest BCUT2D eigenvalue weighted by Crippen LogP contribution is 2.17. The first kappa shape index (κ1) is 27.2. The number of halogens is 1. The minimum absolute atomic E-state index is 0. The smallest absolute Gasteiger partial charge is 0.191 e. The van der Waals surface area contributed by atoms with E-state index in [4.69, 9.17) is 4.74 Å². The molecule has 2 aromatic carbocycles. The maximum Gasteiger partial charge on any atom is 0.191 e. The third kappa shape index (κ3) is 9.90. The molecule has 2 rings (SSSR count). The standard InChI is InChI=1S/C23H33N3O3S.HI/c1-5-24-23(25-14-6-7-15-29-21-11-8-18(2)9-12-21)26-17-20-10-13-22(19(3)16-20)30(4,27)28;/h8-13,16H,5-7,14-15,17H2,1-4H3,(H2,24,25,26);1H. The summed E-state index contributed by atoms with van der Waals surface area (Å²) in [5, 5.41) is 6.57. The lowest BCUT2D eigenvalue weighted by molar-refractivity contribution is 0.307. The molecule has 2 aromatic rings. The van der Waals surface area contributed by atoms with Crippen LogP contribution in [0.5, 0.6) is 5.75 Å². The summed E-state index contributed by atoms with van der Waals surface area (Å²) >= 11 is 0. The van der Waals surface area contributed by atoms with Gasteiger partial charge in [0.25, 0.3) is 0 Å². The number of guanidine groups is 1. The normalized spacial score (nSPS) is 11.5. The van der Waals surface area contributed by atoms with E-state index in [1.165, 1.54) is 11.8 Å². The third-order valence-corrected chi connectivity index (χ3v) is 5.81. The zero-order chi connectivity index (χ0) is 22.0. The number of unbranched alkanes of at least 4 members (excludes halogenated alkanes) is 1. The second-order valence-electron chi connectivity index (χ2n) is 7.36. The number of hydrogen-bond acceptors (Lipinski definition) is 4. The first-order chi connectivity index (χ1) is 14.3. The van der Waals surface area contributed by atoms with E-state index >= 15 is 0 Å². The van der Waals surface area contributed by atoms with Gasteiger partial charge in [-0.2, -0.15) is 0 Å². The van der Waals surface area contributed by atoms with Crippen LogP contribution in [0.4, 0.5) is 0 Å². The van der Waals surface area contributed by atoms with Crippen molar-refractivity contribution >= 4 is 39.8 Å². The predicted octanol–water partition coefficient (Wildman–Crippen LogP) is 4.24. The molecule has 0 spiro atoms. The van der Waals surface area contributed by atoms with Crippen LogP contribution in [0.15, 0.2) is 52.4 Å². The molecule has 0 unspecified atom stereocenters. The Morgan fingerprint density at radius 2 is 1.74 bits per heavy atom. The van der Waals surface area contributed by atoms with Crippen molar-refractivity contribution in [1.29, 1.82) is 0 Å². The molecule has 0 amide bonds. The van der Waals surface area contributed by atoms with Crippen LogP contribution in [0.3, 0.4) is 0 Å². The van der Waals surface area contributed by atoms with E-state index in [1.54, 1.807) is 6.07 Å². The monoisotopic (exact) mass is 559 g/mol. The molecular formula is C23H34IN3O3S. The van der Waals surface area contributed by atoms with Gasteiger partial charge in [0.15, 0.2) is 15.8 Å². The largest absolute Gasteiger partial charge is 0.494 e. The number of benzene rings is 2. The van der Waals surface area contributed by atoms with Crippen molar-refractivity contribution in [2.24, 2.45) is 4.99 Å². The van der Waals surface area contributed by atoms with Crippen molar-refractivity contribution in [3.8, 4) is 5.75 Å². The van der Waals surface area contributed by atoms with Crippen molar-refractivity contribution in [2.45, 2.75) is 45.1 Å². The minimum Gasteiger partial charge on any atom is -0.494 e. The fourth-order valence-electron chi connectivity index (χ4n) is 3.00. The fourth-order valence-corrected chi connectivity index (χ4v) is 3.96. The molecule has 0 aromatic heterocycles. The molecular weight excluding hydrogens is 525 g/mol. The Morgan fingerprint density at radius 1 is 1.03 bits per heavy atom. The summed E-state index contributed by atoms with van der Waals surface area (Å²) in [6.07, 6.45) is 3.15. The second-order valence-corrected chi connectivity index (χ2v) is 9.35. The Morgan fingerprint density at radius 3 is 2.35 bits per heavy atom. The molecule has 8 heteroatoms. The zero-order valence-electron chi connectivity index (χ0n) is 18.8. The van der Waals surface area contributed by atoms with Crippen molar-refractivity contribution in [2.75, 3.05) is 26.0 Å². The van der Waals surface area contributed by atoms with Crippen molar-refractivity contribution < 1.29 is 13.2 Å². The first-order valence-corrected chi connectivity index (χ1v) is 12.2. The molecule has 0 radical (unpaired) electrons. The molecule has 0 bridgehead atoms. The third-order valence-electron chi connectivity index (χ3n) is 4.56. The average molecular weight is 560 g/mol. The van der Waals surface area contributed by atoms with Gasteiger partial charge in [-0.3, -0.25) is 0 Å². The van der Waals surface area contributed by atoms with Crippen LogP contribution in [0.25, 0.3) is 0 Å². The highest BCUT2D eigenvalue weighted by Gasteiger charge is 2.10. The van der Waals surface area contributed by atoms with Gasteiger partial charge < -0.3 is 15.4 Å². The van der Waals surface area contributed by atoms with Crippen molar-refractivity contribution in [3.05, 3.63) is 59.2 Å². The van der Waals surface area contributed by atoms with Crippen LogP contribution < -0.4 is 15.4 Å². The van der Waals surface area contributed by atoms with Crippen molar-refractivity contribution in [1.82, 2.24) is 10.6 Å². The molecule has 0 fully saturated rings. The molecule has 0 aliphatic rings. The summed E-state index contributed by atoms with van der Waals surface area (Å²) < 4.78 is 29.2. The molecule has 31 heavy (non-hydrogen) atoms. The number of rotatable bonds is 10. The Hall–Kier alpha value is -1.81. The Bertz CT molecular complexity index is 945. The van der Waals surface area contributed by atoms with Gasteiger partial charge in [-0.15, -0.1) is 24.0 Å². The van der Waals surface area contributed by atoms with E-state index in [0.717, 1.165) is 48.8 Å². The van der Waals surface area contributed by atoms with E-state index in [2.05, 4.69) is 22.5 Å². The summed E-state index contributed by atoms with van der Waals surface area (Å²) in [7, 11) is -3.20. The summed E-state index contributed by atoms with van der Waals surface area (Å²) in [6.45, 7) is 8.64. The molecule has 172 valence electrons. The van der Waals surface area contributed by atoms with Crippen LogP contribution in [0, 0.1) is 13.8 Å². The van der Waals surface area contributed by atoms with Crippen molar-refractivity contribution in [3.63, 3.8) is 0 Å². The van der Waals surface area contributed by atoms with E-state index in [1.807, 2.05) is 50.2 Å². The fraction of sp³-hybridized carbons (Fsp3) is 0.435. The SMILES string of the molecule is CCNC(=NCc1ccc(S(C)(=O)=O)c(C)c1)NCCCCOc1ccc(C)cc1.I. The lowest BCUT2D eigenvalue weighted by Crippen LogP contribution is -2.37. The first-order valence-electron chi connectivity index (χ1n) is 10.3. The van der Waals surface area contributed by atoms with Gasteiger partial charge >= 0.3 is 0 Å². The number of aliphatic imine (C=N–C) groups is 1. The quantitative estimate of drug-likeness (QED) is 0.197. The van der Waals surface area contributed by atoms with E-state index in [-0.39, 0.29) is 24.0 Å². The number of aryl methyl sites for hydroxylation is 2. The highest BCUT2D eigenvalue weighted by molar-refractivity contribution is 14.0. The predicted molar refractivity (Wildman–Crippen MR) is 138 cm³/mol. The van der Waals surface area contributed by atoms with Gasteiger partial charge in [-0.05, 0) is 62.9 Å². The number of nitrogens with one attached hydrogen (secondary N) is 2. The zero-order valence-corrected chi connectivity index (χ0v) is 21.9. The second kappa shape index (κ2) is 13.6. The number of ether oxygens (including phenoxy) is 1. The lowest BCUT2D eigenvalue weighted by Gasteiger charge is -2.12. The molecule has 6 nitrogen and oxygen atoms in total. The summed E-state index contributed by atoms with van der Waals surface area (Å²) in [5.74, 6) is 1.66.